The number of rotatable bonds is 6. The molecule has 7 nitrogen and oxygen atoms in total. The predicted octanol–water partition coefficient (Wildman–Crippen LogP) is 4.25. The zero-order chi connectivity index (χ0) is 21.1. The summed E-state index contributed by atoms with van der Waals surface area (Å²) in [5.41, 5.74) is 2.91. The number of hydrogen-bond acceptors (Lipinski definition) is 5. The average molecular weight is 405 g/mol. The van der Waals surface area contributed by atoms with Crippen LogP contribution in [0.1, 0.15) is 18.3 Å². The van der Waals surface area contributed by atoms with Gasteiger partial charge in [0.2, 0.25) is 11.7 Å². The molecule has 0 saturated heterocycles. The number of imidazole rings is 1. The van der Waals surface area contributed by atoms with E-state index < -0.39 is 0 Å². The summed E-state index contributed by atoms with van der Waals surface area (Å²) in [6.07, 6.45) is 2.64. The number of nitrogens with zero attached hydrogens (tertiary/aromatic N) is 4. The molecule has 30 heavy (non-hydrogen) atoms. The average Bonchev–Trinajstić information content (AvgIpc) is 3.36. The number of carbonyl (C=O) groups excluding carboxylic acids is 1. The molecule has 152 valence electrons. The minimum Gasteiger partial charge on any atom is -0.334 e. The molecule has 1 amide bonds. The highest BCUT2D eigenvalue weighted by Gasteiger charge is 2.16. The molecular formula is C22H20FN5O2. The van der Waals surface area contributed by atoms with Crippen LogP contribution in [0.15, 0.2) is 59.3 Å². The SMILES string of the molecule is CCc1ccc(NC(=O)Cn2cc(-c3noc(-c4cccc(F)c4)n3)nc2C)cc1. The van der Waals surface area contributed by atoms with Crippen molar-refractivity contribution in [3.8, 4) is 23.0 Å². The maximum absolute atomic E-state index is 13.4. The van der Waals surface area contributed by atoms with Crippen molar-refractivity contribution in [3.63, 3.8) is 0 Å². The lowest BCUT2D eigenvalue weighted by atomic mass is 10.1. The molecule has 2 aromatic carbocycles. The van der Waals surface area contributed by atoms with Crippen LogP contribution in [0, 0.1) is 12.7 Å². The summed E-state index contributed by atoms with van der Waals surface area (Å²) in [7, 11) is 0. The fourth-order valence-electron chi connectivity index (χ4n) is 3.02. The molecule has 0 spiro atoms. The molecule has 8 heteroatoms. The van der Waals surface area contributed by atoms with Gasteiger partial charge in [0.25, 0.3) is 5.89 Å². The highest BCUT2D eigenvalue weighted by molar-refractivity contribution is 5.90. The number of benzene rings is 2. The van der Waals surface area contributed by atoms with Crippen LogP contribution in [-0.2, 0) is 17.8 Å². The zero-order valence-corrected chi connectivity index (χ0v) is 16.6. The van der Waals surface area contributed by atoms with Crippen molar-refractivity contribution in [3.05, 3.63) is 71.9 Å². The van der Waals surface area contributed by atoms with E-state index >= 15 is 0 Å². The Morgan fingerprint density at radius 2 is 1.97 bits per heavy atom. The van der Waals surface area contributed by atoms with Crippen molar-refractivity contribution in [2.24, 2.45) is 0 Å². The molecule has 0 saturated carbocycles. The summed E-state index contributed by atoms with van der Waals surface area (Å²) in [5, 5.41) is 6.80. The molecule has 4 rings (SSSR count). The summed E-state index contributed by atoms with van der Waals surface area (Å²) in [4.78, 5) is 21.1. The summed E-state index contributed by atoms with van der Waals surface area (Å²) in [5.74, 6) is 0.554. The standard InChI is InChI=1S/C22H20FN5O2/c1-3-15-7-9-18(10-8-15)25-20(29)13-28-12-19(24-14(28)2)21-26-22(30-27-21)16-5-4-6-17(23)11-16/h4-12H,3,13H2,1-2H3,(H,25,29). The number of aryl methyl sites for hydroxylation is 2. The van der Waals surface area contributed by atoms with E-state index in [0.717, 1.165) is 12.1 Å². The molecular weight excluding hydrogens is 385 g/mol. The van der Waals surface area contributed by atoms with Crippen molar-refractivity contribution in [2.75, 3.05) is 5.32 Å². The smallest absolute Gasteiger partial charge is 0.258 e. The highest BCUT2D eigenvalue weighted by Crippen LogP contribution is 2.22. The minimum atomic E-state index is -0.386. The predicted molar refractivity (Wildman–Crippen MR) is 110 cm³/mol. The Hall–Kier alpha value is -3.81. The molecule has 0 aliphatic rings. The van der Waals surface area contributed by atoms with Gasteiger partial charge in [-0.05, 0) is 49.2 Å². The van der Waals surface area contributed by atoms with Gasteiger partial charge in [0.1, 0.15) is 23.9 Å². The van der Waals surface area contributed by atoms with Crippen molar-refractivity contribution in [1.82, 2.24) is 19.7 Å². The molecule has 2 aromatic heterocycles. The number of hydrogen-bond donors (Lipinski definition) is 1. The van der Waals surface area contributed by atoms with Gasteiger partial charge in [-0.2, -0.15) is 4.98 Å². The van der Waals surface area contributed by atoms with Crippen LogP contribution in [0.3, 0.4) is 0 Å². The lowest BCUT2D eigenvalue weighted by Gasteiger charge is -2.07. The van der Waals surface area contributed by atoms with Crippen molar-refractivity contribution < 1.29 is 13.7 Å². The lowest BCUT2D eigenvalue weighted by Crippen LogP contribution is -2.19. The first kappa shape index (κ1) is 19.5. The molecule has 0 fully saturated rings. The van der Waals surface area contributed by atoms with E-state index in [0.29, 0.717) is 17.1 Å². The molecule has 0 aliphatic carbocycles. The van der Waals surface area contributed by atoms with Crippen LogP contribution in [0.5, 0.6) is 0 Å². The number of halogens is 1. The Kier molecular flexibility index (Phi) is 5.38. The Balaban J connectivity index is 1.47. The fraction of sp³-hybridized carbons (Fsp3) is 0.182. The van der Waals surface area contributed by atoms with Gasteiger partial charge in [-0.1, -0.05) is 30.3 Å². The number of amides is 1. The topological polar surface area (TPSA) is 85.8 Å². The van der Waals surface area contributed by atoms with E-state index in [9.17, 15) is 9.18 Å². The van der Waals surface area contributed by atoms with Crippen LogP contribution in [0.2, 0.25) is 0 Å². The summed E-state index contributed by atoms with van der Waals surface area (Å²) in [6, 6.07) is 13.7. The summed E-state index contributed by atoms with van der Waals surface area (Å²) in [6.45, 7) is 3.97. The Morgan fingerprint density at radius 3 is 2.70 bits per heavy atom. The van der Waals surface area contributed by atoms with E-state index in [2.05, 4.69) is 27.4 Å². The quantitative estimate of drug-likeness (QED) is 0.518. The Morgan fingerprint density at radius 1 is 1.17 bits per heavy atom. The lowest BCUT2D eigenvalue weighted by molar-refractivity contribution is -0.116. The van der Waals surface area contributed by atoms with Crippen LogP contribution >= 0.6 is 0 Å². The van der Waals surface area contributed by atoms with E-state index in [4.69, 9.17) is 4.52 Å². The van der Waals surface area contributed by atoms with E-state index in [-0.39, 0.29) is 30.0 Å². The first-order chi connectivity index (χ1) is 14.5. The summed E-state index contributed by atoms with van der Waals surface area (Å²) < 4.78 is 20.4. The largest absolute Gasteiger partial charge is 0.334 e. The van der Waals surface area contributed by atoms with Gasteiger partial charge < -0.3 is 14.4 Å². The third kappa shape index (κ3) is 4.27. The van der Waals surface area contributed by atoms with Crippen molar-refractivity contribution >= 4 is 11.6 Å². The Bertz CT molecular complexity index is 1180. The van der Waals surface area contributed by atoms with Crippen molar-refractivity contribution in [2.45, 2.75) is 26.8 Å². The van der Waals surface area contributed by atoms with Gasteiger partial charge in [0.15, 0.2) is 0 Å². The van der Waals surface area contributed by atoms with Crippen LogP contribution in [-0.4, -0.2) is 25.6 Å². The van der Waals surface area contributed by atoms with Gasteiger partial charge in [-0.15, -0.1) is 0 Å². The second-order valence-corrected chi connectivity index (χ2v) is 6.83. The Labute approximate surface area is 172 Å². The molecule has 2 heterocycles. The molecule has 4 aromatic rings. The van der Waals surface area contributed by atoms with Gasteiger partial charge in [-0.25, -0.2) is 9.37 Å². The van der Waals surface area contributed by atoms with E-state index in [1.165, 1.54) is 17.7 Å². The molecule has 0 radical (unpaired) electrons. The molecule has 0 unspecified atom stereocenters. The van der Waals surface area contributed by atoms with Crippen molar-refractivity contribution in [1.29, 1.82) is 0 Å². The van der Waals surface area contributed by atoms with Gasteiger partial charge in [0, 0.05) is 17.4 Å². The number of nitrogens with one attached hydrogen (secondary N) is 1. The zero-order valence-electron chi connectivity index (χ0n) is 16.6. The number of aromatic nitrogens is 4. The van der Waals surface area contributed by atoms with Gasteiger partial charge in [-0.3, -0.25) is 4.79 Å². The third-order valence-electron chi connectivity index (χ3n) is 4.66. The van der Waals surface area contributed by atoms with Crippen LogP contribution in [0.4, 0.5) is 10.1 Å². The minimum absolute atomic E-state index is 0.100. The van der Waals surface area contributed by atoms with Gasteiger partial charge in [0.05, 0.1) is 0 Å². The van der Waals surface area contributed by atoms with E-state index in [1.807, 2.05) is 24.3 Å². The second kappa shape index (κ2) is 8.28. The molecule has 1 N–H and O–H groups in total. The number of carbonyl (C=O) groups is 1. The molecule has 0 bridgehead atoms. The first-order valence-corrected chi connectivity index (χ1v) is 9.54. The molecule has 0 atom stereocenters. The summed E-state index contributed by atoms with van der Waals surface area (Å²) >= 11 is 0. The van der Waals surface area contributed by atoms with Crippen LogP contribution in [0.25, 0.3) is 23.0 Å². The first-order valence-electron chi connectivity index (χ1n) is 9.54. The van der Waals surface area contributed by atoms with Gasteiger partial charge >= 0.3 is 0 Å². The monoisotopic (exact) mass is 405 g/mol. The molecule has 0 aliphatic heterocycles. The normalized spacial score (nSPS) is 10.9. The fourth-order valence-corrected chi connectivity index (χ4v) is 3.02. The maximum atomic E-state index is 13.4. The highest BCUT2D eigenvalue weighted by atomic mass is 19.1. The third-order valence-corrected chi connectivity index (χ3v) is 4.66. The number of anilines is 1. The van der Waals surface area contributed by atoms with E-state index in [1.54, 1.807) is 29.8 Å². The second-order valence-electron chi connectivity index (χ2n) is 6.83. The maximum Gasteiger partial charge on any atom is 0.258 e. The van der Waals surface area contributed by atoms with Crippen LogP contribution < -0.4 is 5.32 Å².